The standard InChI is InChI=1S/C19H19N3O3S/c1-4-14-11(2)20-18(16-15(25-3)9-10-26-16)22-17(14)21-13-7-5-12(6-8-13)19(23)24/h5-10H,4H2,1-3H3,(H,23,24)(H,20,21,22). The quantitative estimate of drug-likeness (QED) is 0.664. The van der Waals surface area contributed by atoms with Crippen molar-refractivity contribution < 1.29 is 14.6 Å². The summed E-state index contributed by atoms with van der Waals surface area (Å²) >= 11 is 1.53. The number of aromatic carboxylic acids is 1. The fourth-order valence-corrected chi connectivity index (χ4v) is 3.47. The number of carboxylic acids is 1. The van der Waals surface area contributed by atoms with Crippen LogP contribution < -0.4 is 10.1 Å². The van der Waals surface area contributed by atoms with Crippen LogP contribution in [-0.4, -0.2) is 28.2 Å². The largest absolute Gasteiger partial charge is 0.495 e. The molecular formula is C19H19N3O3S. The van der Waals surface area contributed by atoms with Gasteiger partial charge in [0.1, 0.15) is 16.4 Å². The van der Waals surface area contributed by atoms with E-state index >= 15 is 0 Å². The van der Waals surface area contributed by atoms with Crippen LogP contribution in [0.15, 0.2) is 35.7 Å². The van der Waals surface area contributed by atoms with Gasteiger partial charge in [-0.1, -0.05) is 6.92 Å². The van der Waals surface area contributed by atoms with Gasteiger partial charge in [0, 0.05) is 16.9 Å². The van der Waals surface area contributed by atoms with Crippen molar-refractivity contribution in [3.05, 3.63) is 52.5 Å². The number of aryl methyl sites for hydroxylation is 1. The average Bonchev–Trinajstić information content (AvgIpc) is 3.10. The Balaban J connectivity index is 2.01. The Labute approximate surface area is 155 Å². The Morgan fingerprint density at radius 3 is 2.58 bits per heavy atom. The summed E-state index contributed by atoms with van der Waals surface area (Å²) < 4.78 is 5.38. The Morgan fingerprint density at radius 1 is 1.23 bits per heavy atom. The molecule has 0 aliphatic carbocycles. The lowest BCUT2D eigenvalue weighted by Crippen LogP contribution is -2.05. The number of nitrogens with zero attached hydrogens (tertiary/aromatic N) is 2. The molecule has 0 spiro atoms. The number of carboxylic acid groups (broad SMARTS) is 1. The highest BCUT2D eigenvalue weighted by Gasteiger charge is 2.16. The normalized spacial score (nSPS) is 10.6. The predicted molar refractivity (Wildman–Crippen MR) is 103 cm³/mol. The van der Waals surface area contributed by atoms with Gasteiger partial charge in [0.2, 0.25) is 0 Å². The van der Waals surface area contributed by atoms with Crippen molar-refractivity contribution in [1.82, 2.24) is 9.97 Å². The topological polar surface area (TPSA) is 84.3 Å². The third kappa shape index (κ3) is 3.52. The van der Waals surface area contributed by atoms with Crippen molar-refractivity contribution in [1.29, 1.82) is 0 Å². The highest BCUT2D eigenvalue weighted by atomic mass is 32.1. The van der Waals surface area contributed by atoms with Gasteiger partial charge in [0.15, 0.2) is 5.82 Å². The lowest BCUT2D eigenvalue weighted by atomic mass is 10.1. The van der Waals surface area contributed by atoms with Crippen LogP contribution >= 0.6 is 11.3 Å². The van der Waals surface area contributed by atoms with Gasteiger partial charge >= 0.3 is 5.97 Å². The molecule has 26 heavy (non-hydrogen) atoms. The van der Waals surface area contributed by atoms with Crippen LogP contribution in [0.1, 0.15) is 28.5 Å². The molecule has 0 unspecified atom stereocenters. The molecule has 0 fully saturated rings. The van der Waals surface area contributed by atoms with Gasteiger partial charge < -0.3 is 15.2 Å². The van der Waals surface area contributed by atoms with E-state index < -0.39 is 5.97 Å². The van der Waals surface area contributed by atoms with Crippen molar-refractivity contribution in [2.24, 2.45) is 0 Å². The molecule has 0 amide bonds. The molecule has 6 nitrogen and oxygen atoms in total. The van der Waals surface area contributed by atoms with Gasteiger partial charge in [0.05, 0.1) is 12.7 Å². The summed E-state index contributed by atoms with van der Waals surface area (Å²) in [6.07, 6.45) is 0.781. The Hall–Kier alpha value is -2.93. The third-order valence-corrected chi connectivity index (χ3v) is 4.91. The maximum Gasteiger partial charge on any atom is 0.335 e. The number of hydrogen-bond acceptors (Lipinski definition) is 6. The number of ether oxygens (including phenoxy) is 1. The molecule has 0 saturated carbocycles. The van der Waals surface area contributed by atoms with Crippen LogP contribution in [0.2, 0.25) is 0 Å². The number of nitrogens with one attached hydrogen (secondary N) is 1. The minimum atomic E-state index is -0.948. The minimum absolute atomic E-state index is 0.245. The first-order valence-corrected chi connectivity index (χ1v) is 9.01. The Morgan fingerprint density at radius 2 is 1.96 bits per heavy atom. The lowest BCUT2D eigenvalue weighted by molar-refractivity contribution is 0.0697. The van der Waals surface area contributed by atoms with Crippen LogP contribution in [0, 0.1) is 6.92 Å². The van der Waals surface area contributed by atoms with E-state index in [-0.39, 0.29) is 5.56 Å². The summed E-state index contributed by atoms with van der Waals surface area (Å²) in [6, 6.07) is 8.47. The third-order valence-electron chi connectivity index (χ3n) is 4.01. The SMILES string of the molecule is CCc1c(C)nc(-c2sccc2OC)nc1Nc1ccc(C(=O)O)cc1. The van der Waals surface area contributed by atoms with Gasteiger partial charge in [-0.3, -0.25) is 0 Å². The average molecular weight is 369 g/mol. The number of thiophene rings is 1. The Kier molecular flexibility index (Phi) is 5.18. The van der Waals surface area contributed by atoms with Crippen LogP contribution in [0.4, 0.5) is 11.5 Å². The minimum Gasteiger partial charge on any atom is -0.495 e. The summed E-state index contributed by atoms with van der Waals surface area (Å²) in [7, 11) is 1.63. The monoisotopic (exact) mass is 369 g/mol. The lowest BCUT2D eigenvalue weighted by Gasteiger charge is -2.14. The molecule has 0 bridgehead atoms. The van der Waals surface area contributed by atoms with Crippen molar-refractivity contribution in [2.75, 3.05) is 12.4 Å². The van der Waals surface area contributed by atoms with E-state index in [9.17, 15) is 4.79 Å². The second kappa shape index (κ2) is 7.53. The van der Waals surface area contributed by atoms with E-state index in [0.717, 1.165) is 34.0 Å². The number of carbonyl (C=O) groups is 1. The number of hydrogen-bond donors (Lipinski definition) is 2. The van der Waals surface area contributed by atoms with E-state index in [2.05, 4.69) is 17.2 Å². The van der Waals surface area contributed by atoms with Crippen LogP contribution in [-0.2, 0) is 6.42 Å². The zero-order chi connectivity index (χ0) is 18.7. The fourth-order valence-electron chi connectivity index (χ4n) is 2.68. The van der Waals surface area contributed by atoms with Crippen molar-refractivity contribution in [3.8, 4) is 16.5 Å². The van der Waals surface area contributed by atoms with Gasteiger partial charge in [-0.2, -0.15) is 0 Å². The second-order valence-electron chi connectivity index (χ2n) is 5.64. The molecule has 0 radical (unpaired) electrons. The van der Waals surface area contributed by atoms with Gasteiger partial charge in [0.25, 0.3) is 0 Å². The molecule has 0 atom stereocenters. The van der Waals surface area contributed by atoms with E-state index in [1.807, 2.05) is 18.4 Å². The first-order chi connectivity index (χ1) is 12.5. The molecular weight excluding hydrogens is 350 g/mol. The number of anilines is 2. The highest BCUT2D eigenvalue weighted by molar-refractivity contribution is 7.13. The molecule has 1 aromatic carbocycles. The maximum absolute atomic E-state index is 11.0. The molecule has 3 rings (SSSR count). The number of rotatable bonds is 6. The van der Waals surface area contributed by atoms with Crippen LogP contribution in [0.25, 0.3) is 10.7 Å². The molecule has 0 aliphatic rings. The fraction of sp³-hybridized carbons (Fsp3) is 0.211. The number of methoxy groups -OCH3 is 1. The summed E-state index contributed by atoms with van der Waals surface area (Å²) in [5.74, 6) is 1.12. The molecule has 2 N–H and O–H groups in total. The molecule has 2 aromatic heterocycles. The van der Waals surface area contributed by atoms with E-state index in [1.165, 1.54) is 11.3 Å². The highest BCUT2D eigenvalue weighted by Crippen LogP contribution is 2.35. The van der Waals surface area contributed by atoms with Crippen molar-refractivity contribution in [2.45, 2.75) is 20.3 Å². The zero-order valence-electron chi connectivity index (χ0n) is 14.7. The first kappa shape index (κ1) is 17.9. The second-order valence-corrected chi connectivity index (χ2v) is 6.56. The predicted octanol–water partition coefficient (Wildman–Crippen LogP) is 4.53. The van der Waals surface area contributed by atoms with Gasteiger partial charge in [-0.25, -0.2) is 14.8 Å². The van der Waals surface area contributed by atoms with E-state index in [1.54, 1.807) is 31.4 Å². The maximum atomic E-state index is 11.0. The molecule has 0 aliphatic heterocycles. The van der Waals surface area contributed by atoms with Crippen LogP contribution in [0.3, 0.4) is 0 Å². The molecule has 134 valence electrons. The first-order valence-electron chi connectivity index (χ1n) is 8.13. The summed E-state index contributed by atoms with van der Waals surface area (Å²) in [4.78, 5) is 21.2. The molecule has 0 saturated heterocycles. The zero-order valence-corrected chi connectivity index (χ0v) is 15.6. The van der Waals surface area contributed by atoms with Crippen molar-refractivity contribution >= 4 is 28.8 Å². The number of aromatic nitrogens is 2. The Bertz CT molecular complexity index is 936. The molecule has 7 heteroatoms. The van der Waals surface area contributed by atoms with E-state index in [0.29, 0.717) is 11.6 Å². The van der Waals surface area contributed by atoms with Crippen molar-refractivity contribution in [3.63, 3.8) is 0 Å². The van der Waals surface area contributed by atoms with Crippen LogP contribution in [0.5, 0.6) is 5.75 Å². The number of benzene rings is 1. The molecule has 3 aromatic rings. The summed E-state index contributed by atoms with van der Waals surface area (Å²) in [6.45, 7) is 4.01. The van der Waals surface area contributed by atoms with E-state index in [4.69, 9.17) is 14.8 Å². The van der Waals surface area contributed by atoms with Gasteiger partial charge in [-0.15, -0.1) is 11.3 Å². The smallest absolute Gasteiger partial charge is 0.335 e. The summed E-state index contributed by atoms with van der Waals surface area (Å²) in [5.41, 5.74) is 2.94. The summed E-state index contributed by atoms with van der Waals surface area (Å²) in [5, 5.41) is 14.3. The molecule has 2 heterocycles. The van der Waals surface area contributed by atoms with Gasteiger partial charge in [-0.05, 0) is 49.1 Å².